The molecule has 6 nitrogen and oxygen atoms in total. The summed E-state index contributed by atoms with van der Waals surface area (Å²) >= 11 is 0. The van der Waals surface area contributed by atoms with Gasteiger partial charge in [0.15, 0.2) is 5.96 Å². The molecule has 0 aliphatic carbocycles. The van der Waals surface area contributed by atoms with Gasteiger partial charge in [-0.3, -0.25) is 4.68 Å². The Morgan fingerprint density at radius 2 is 2.04 bits per heavy atom. The highest BCUT2D eigenvalue weighted by molar-refractivity contribution is 14.0. The maximum Gasteiger partial charge on any atom is 0.191 e. The number of guanidine groups is 1. The molecule has 0 spiro atoms. The zero-order valence-corrected chi connectivity index (χ0v) is 16.5. The summed E-state index contributed by atoms with van der Waals surface area (Å²) in [7, 11) is 1.88. The Labute approximate surface area is 154 Å². The molecular weight excluding hydrogens is 403 g/mol. The van der Waals surface area contributed by atoms with Crippen LogP contribution in [0.15, 0.2) is 29.5 Å². The molecule has 2 rings (SSSR count). The molecule has 2 N–H and O–H groups in total. The largest absolute Gasteiger partial charge is 0.357 e. The molecule has 0 amide bonds. The summed E-state index contributed by atoms with van der Waals surface area (Å²) in [6.45, 7) is 8.34. The van der Waals surface area contributed by atoms with Gasteiger partial charge in [0.1, 0.15) is 12.2 Å². The Balaban J connectivity index is 0.00000264. The third-order valence-corrected chi connectivity index (χ3v) is 3.47. The molecule has 0 fully saturated rings. The van der Waals surface area contributed by atoms with Crippen LogP contribution in [-0.2, 0) is 20.1 Å². The second-order valence-electron chi connectivity index (χ2n) is 5.28. The van der Waals surface area contributed by atoms with Crippen LogP contribution < -0.4 is 10.6 Å². The van der Waals surface area contributed by atoms with E-state index in [2.05, 4.69) is 64.7 Å². The molecule has 0 atom stereocenters. The van der Waals surface area contributed by atoms with E-state index >= 15 is 0 Å². The Morgan fingerprint density at radius 1 is 1.26 bits per heavy atom. The lowest BCUT2D eigenvalue weighted by Crippen LogP contribution is -2.37. The lowest BCUT2D eigenvalue weighted by Gasteiger charge is -2.11. The van der Waals surface area contributed by atoms with Crippen LogP contribution in [0.2, 0.25) is 0 Å². The van der Waals surface area contributed by atoms with Crippen molar-refractivity contribution in [2.75, 3.05) is 6.54 Å². The van der Waals surface area contributed by atoms with Gasteiger partial charge in [-0.25, -0.2) is 9.98 Å². The van der Waals surface area contributed by atoms with E-state index in [1.54, 1.807) is 11.0 Å². The SMILES string of the molecule is CCNC(=NCc1ccc(C)cc1C)NCc1ncnn1C.I. The lowest BCUT2D eigenvalue weighted by molar-refractivity contribution is 0.673. The van der Waals surface area contributed by atoms with Crippen molar-refractivity contribution < 1.29 is 0 Å². The van der Waals surface area contributed by atoms with Crippen LogP contribution in [0, 0.1) is 13.8 Å². The molecule has 126 valence electrons. The average Bonchev–Trinajstić information content (AvgIpc) is 2.89. The van der Waals surface area contributed by atoms with Crippen LogP contribution in [0.3, 0.4) is 0 Å². The van der Waals surface area contributed by atoms with Crippen LogP contribution in [0.1, 0.15) is 29.4 Å². The van der Waals surface area contributed by atoms with Crippen LogP contribution in [0.4, 0.5) is 0 Å². The zero-order valence-electron chi connectivity index (χ0n) is 14.1. The third kappa shape index (κ3) is 5.81. The van der Waals surface area contributed by atoms with Gasteiger partial charge in [0.25, 0.3) is 0 Å². The van der Waals surface area contributed by atoms with E-state index in [-0.39, 0.29) is 24.0 Å². The number of aryl methyl sites for hydroxylation is 3. The first-order valence-corrected chi connectivity index (χ1v) is 7.51. The van der Waals surface area contributed by atoms with Crippen molar-refractivity contribution in [2.24, 2.45) is 12.0 Å². The number of halogens is 1. The summed E-state index contributed by atoms with van der Waals surface area (Å²) in [5.41, 5.74) is 3.78. The van der Waals surface area contributed by atoms with Gasteiger partial charge >= 0.3 is 0 Å². The highest BCUT2D eigenvalue weighted by Crippen LogP contribution is 2.11. The molecule has 1 heterocycles. The van der Waals surface area contributed by atoms with Gasteiger partial charge in [-0.15, -0.1) is 24.0 Å². The first kappa shape index (κ1) is 19.4. The Hall–Kier alpha value is -1.64. The fraction of sp³-hybridized carbons (Fsp3) is 0.438. The summed E-state index contributed by atoms with van der Waals surface area (Å²) in [5, 5.41) is 10.6. The monoisotopic (exact) mass is 428 g/mol. The van der Waals surface area contributed by atoms with Gasteiger partial charge in [-0.2, -0.15) is 5.10 Å². The number of aromatic nitrogens is 3. The predicted molar refractivity (Wildman–Crippen MR) is 104 cm³/mol. The van der Waals surface area contributed by atoms with Crippen molar-refractivity contribution in [3.05, 3.63) is 47.0 Å². The first-order chi connectivity index (χ1) is 10.6. The van der Waals surface area contributed by atoms with Gasteiger partial charge < -0.3 is 10.6 Å². The van der Waals surface area contributed by atoms with Gasteiger partial charge in [0.05, 0.1) is 13.1 Å². The van der Waals surface area contributed by atoms with Crippen molar-refractivity contribution in [2.45, 2.75) is 33.9 Å². The Bertz CT molecular complexity index is 650. The number of aliphatic imine (C=N–C) groups is 1. The van der Waals surface area contributed by atoms with E-state index < -0.39 is 0 Å². The molecule has 2 aromatic rings. The second kappa shape index (κ2) is 9.49. The minimum atomic E-state index is 0. The van der Waals surface area contributed by atoms with Gasteiger partial charge in [-0.1, -0.05) is 23.8 Å². The summed E-state index contributed by atoms with van der Waals surface area (Å²) in [6, 6.07) is 6.45. The Morgan fingerprint density at radius 3 is 2.65 bits per heavy atom. The minimum Gasteiger partial charge on any atom is -0.357 e. The van der Waals surface area contributed by atoms with Crippen molar-refractivity contribution in [1.82, 2.24) is 25.4 Å². The van der Waals surface area contributed by atoms with Crippen molar-refractivity contribution in [1.29, 1.82) is 0 Å². The quantitative estimate of drug-likeness (QED) is 0.436. The molecular formula is C16H25IN6. The molecule has 7 heteroatoms. The van der Waals surface area contributed by atoms with Gasteiger partial charge in [-0.05, 0) is 31.9 Å². The van der Waals surface area contributed by atoms with E-state index in [0.29, 0.717) is 13.1 Å². The molecule has 0 aliphatic heterocycles. The van der Waals surface area contributed by atoms with Gasteiger partial charge in [0.2, 0.25) is 0 Å². The third-order valence-electron chi connectivity index (χ3n) is 3.47. The highest BCUT2D eigenvalue weighted by Gasteiger charge is 2.03. The van der Waals surface area contributed by atoms with Gasteiger partial charge in [0, 0.05) is 13.6 Å². The molecule has 0 aliphatic rings. The summed E-state index contributed by atoms with van der Waals surface area (Å²) < 4.78 is 1.75. The molecule has 1 aromatic carbocycles. The molecule has 1 aromatic heterocycles. The number of nitrogens with one attached hydrogen (secondary N) is 2. The lowest BCUT2D eigenvalue weighted by atomic mass is 10.1. The molecule has 0 saturated carbocycles. The van der Waals surface area contributed by atoms with E-state index in [9.17, 15) is 0 Å². The predicted octanol–water partition coefficient (Wildman–Crippen LogP) is 2.31. The van der Waals surface area contributed by atoms with Crippen LogP contribution in [0.5, 0.6) is 0 Å². The number of hydrogen-bond acceptors (Lipinski definition) is 3. The highest BCUT2D eigenvalue weighted by atomic mass is 127. The fourth-order valence-corrected chi connectivity index (χ4v) is 2.17. The van der Waals surface area contributed by atoms with E-state index in [1.807, 2.05) is 7.05 Å². The van der Waals surface area contributed by atoms with E-state index in [1.165, 1.54) is 16.7 Å². The van der Waals surface area contributed by atoms with E-state index in [0.717, 1.165) is 18.3 Å². The molecule has 0 saturated heterocycles. The number of benzene rings is 1. The van der Waals surface area contributed by atoms with Crippen molar-refractivity contribution in [3.8, 4) is 0 Å². The summed E-state index contributed by atoms with van der Waals surface area (Å²) in [5.74, 6) is 1.66. The maximum absolute atomic E-state index is 4.64. The number of rotatable bonds is 5. The number of hydrogen-bond donors (Lipinski definition) is 2. The van der Waals surface area contributed by atoms with Crippen molar-refractivity contribution in [3.63, 3.8) is 0 Å². The van der Waals surface area contributed by atoms with Crippen LogP contribution in [0.25, 0.3) is 0 Å². The maximum atomic E-state index is 4.64. The molecule has 23 heavy (non-hydrogen) atoms. The first-order valence-electron chi connectivity index (χ1n) is 7.51. The average molecular weight is 428 g/mol. The minimum absolute atomic E-state index is 0. The molecule has 0 bridgehead atoms. The topological polar surface area (TPSA) is 67.1 Å². The standard InChI is InChI=1S/C16H24N6.HI/c1-5-17-16(19-10-15-20-11-21-22(15)4)18-9-14-7-6-12(2)8-13(14)3;/h6-8,11H,5,9-10H2,1-4H3,(H2,17,18,19);1H. The summed E-state index contributed by atoms with van der Waals surface area (Å²) in [4.78, 5) is 8.84. The van der Waals surface area contributed by atoms with E-state index in [4.69, 9.17) is 0 Å². The zero-order chi connectivity index (χ0) is 15.9. The fourth-order valence-electron chi connectivity index (χ4n) is 2.17. The van der Waals surface area contributed by atoms with Crippen molar-refractivity contribution >= 4 is 29.9 Å². The smallest absolute Gasteiger partial charge is 0.191 e. The number of nitrogens with zero attached hydrogens (tertiary/aromatic N) is 4. The second-order valence-corrected chi connectivity index (χ2v) is 5.28. The van der Waals surface area contributed by atoms with Crippen LogP contribution in [-0.4, -0.2) is 27.3 Å². The molecule has 0 radical (unpaired) electrons. The normalized spacial score (nSPS) is 11.0. The molecule has 0 unspecified atom stereocenters. The summed E-state index contributed by atoms with van der Waals surface area (Å²) in [6.07, 6.45) is 1.55. The Kier molecular flexibility index (Phi) is 8.01. The van der Waals surface area contributed by atoms with Crippen LogP contribution >= 0.6 is 24.0 Å².